The lowest BCUT2D eigenvalue weighted by Gasteiger charge is -2.22. The van der Waals surface area contributed by atoms with Crippen molar-refractivity contribution in [2.75, 3.05) is 20.2 Å². The molecule has 2 heterocycles. The Morgan fingerprint density at radius 2 is 1.91 bits per heavy atom. The zero-order valence-electron chi connectivity index (χ0n) is 20.2. The summed E-state index contributed by atoms with van der Waals surface area (Å²) < 4.78 is 15.1. The first-order valence-corrected chi connectivity index (χ1v) is 15.7. The van der Waals surface area contributed by atoms with Crippen LogP contribution in [0.15, 0.2) is 53.5 Å². The van der Waals surface area contributed by atoms with E-state index in [2.05, 4.69) is 80.4 Å². The van der Waals surface area contributed by atoms with Crippen molar-refractivity contribution in [2.24, 2.45) is 0 Å². The number of benzene rings is 1. The molecule has 2 aromatic heterocycles. The molecule has 0 bridgehead atoms. The molecule has 33 heavy (non-hydrogen) atoms. The minimum absolute atomic E-state index is 0.0333. The lowest BCUT2D eigenvalue weighted by Crippen LogP contribution is -2.31. The highest BCUT2D eigenvalue weighted by Crippen LogP contribution is 2.22. The first kappa shape index (κ1) is 25.5. The Balaban J connectivity index is 1.67. The molecule has 0 amide bonds. The third-order valence-electron chi connectivity index (χ3n) is 5.07. The van der Waals surface area contributed by atoms with Crippen LogP contribution >= 0.6 is 15.9 Å². The van der Waals surface area contributed by atoms with E-state index in [1.165, 1.54) is 0 Å². The predicted octanol–water partition coefficient (Wildman–Crippen LogP) is 5.31. The number of halogens is 1. The van der Waals surface area contributed by atoms with Gasteiger partial charge >= 0.3 is 0 Å². The molecule has 3 rings (SSSR count). The monoisotopic (exact) mass is 531 g/mol. The van der Waals surface area contributed by atoms with Crippen LogP contribution in [0.25, 0.3) is 11.3 Å². The van der Waals surface area contributed by atoms with E-state index in [-0.39, 0.29) is 6.10 Å². The normalized spacial score (nSPS) is 12.8. The molecule has 0 spiro atoms. The summed E-state index contributed by atoms with van der Waals surface area (Å²) in [4.78, 5) is 15.4. The maximum atomic E-state index is 6.04. The summed E-state index contributed by atoms with van der Waals surface area (Å²) in [6.07, 6.45) is 6.95. The van der Waals surface area contributed by atoms with Gasteiger partial charge in [-0.05, 0) is 32.1 Å². The number of aromatic nitrogens is 4. The van der Waals surface area contributed by atoms with Crippen molar-refractivity contribution in [3.63, 3.8) is 0 Å². The minimum Gasteiger partial charge on any atom is -0.472 e. The molecule has 0 radical (unpaired) electrons. The molecular formula is C24H34BrN5O2Si. The van der Waals surface area contributed by atoms with Crippen molar-refractivity contribution in [3.8, 4) is 17.1 Å². The number of likely N-dealkylation sites (N-methyl/N-ethyl adjacent to an activating group) is 1. The quantitative estimate of drug-likeness (QED) is 0.233. The van der Waals surface area contributed by atoms with Crippen LogP contribution in [0, 0.1) is 0 Å². The number of imidazole rings is 1. The Hall–Kier alpha value is -2.07. The van der Waals surface area contributed by atoms with Crippen molar-refractivity contribution in [3.05, 3.63) is 59.3 Å². The summed E-state index contributed by atoms with van der Waals surface area (Å²) in [7, 11) is 0.946. The fourth-order valence-corrected chi connectivity index (χ4v) is 4.35. The Kier molecular flexibility index (Phi) is 9.19. The molecule has 3 aromatic rings. The molecule has 1 atom stereocenters. The highest BCUT2D eigenvalue weighted by Gasteiger charge is 2.16. The Morgan fingerprint density at radius 3 is 2.58 bits per heavy atom. The van der Waals surface area contributed by atoms with Gasteiger partial charge in [0.25, 0.3) is 0 Å². The molecule has 0 fully saturated rings. The average molecular weight is 533 g/mol. The third-order valence-corrected chi connectivity index (χ3v) is 7.30. The topological polar surface area (TPSA) is 65.3 Å². The Morgan fingerprint density at radius 1 is 1.15 bits per heavy atom. The van der Waals surface area contributed by atoms with Crippen LogP contribution < -0.4 is 4.74 Å². The second-order valence-corrected chi connectivity index (χ2v) is 16.1. The number of nitrogens with zero attached hydrogens (tertiary/aromatic N) is 5. The second kappa shape index (κ2) is 11.9. The SMILES string of the molecule is C[C@@H](CN(C)Cc1nc(-c2ccc(Br)cc2)cn1COCC[Si](C)(C)C)Oc1cnccn1. The van der Waals surface area contributed by atoms with Gasteiger partial charge in [-0.3, -0.25) is 9.88 Å². The van der Waals surface area contributed by atoms with Crippen LogP contribution in [-0.4, -0.2) is 58.8 Å². The van der Waals surface area contributed by atoms with Crippen LogP contribution in [0.3, 0.4) is 0 Å². The molecule has 0 saturated carbocycles. The van der Waals surface area contributed by atoms with E-state index in [9.17, 15) is 0 Å². The minimum atomic E-state index is -1.12. The van der Waals surface area contributed by atoms with E-state index < -0.39 is 8.07 Å². The van der Waals surface area contributed by atoms with Gasteiger partial charge in [0.05, 0.1) is 18.4 Å². The number of hydrogen-bond donors (Lipinski definition) is 0. The summed E-state index contributed by atoms with van der Waals surface area (Å²) in [6.45, 7) is 11.8. The van der Waals surface area contributed by atoms with Crippen molar-refractivity contribution >= 4 is 24.0 Å². The first-order valence-electron chi connectivity index (χ1n) is 11.2. The van der Waals surface area contributed by atoms with Crippen LogP contribution in [0.4, 0.5) is 0 Å². The van der Waals surface area contributed by atoms with Gasteiger partial charge in [0.2, 0.25) is 5.88 Å². The van der Waals surface area contributed by atoms with Crippen molar-refractivity contribution in [1.29, 1.82) is 0 Å². The van der Waals surface area contributed by atoms with Crippen LogP contribution in [-0.2, 0) is 18.0 Å². The summed E-state index contributed by atoms with van der Waals surface area (Å²) >= 11 is 3.51. The number of rotatable bonds is 12. The summed E-state index contributed by atoms with van der Waals surface area (Å²) in [5.41, 5.74) is 2.03. The fourth-order valence-electron chi connectivity index (χ4n) is 3.33. The zero-order valence-corrected chi connectivity index (χ0v) is 22.7. The van der Waals surface area contributed by atoms with Gasteiger partial charge < -0.3 is 14.0 Å². The maximum Gasteiger partial charge on any atom is 0.232 e. The van der Waals surface area contributed by atoms with Crippen molar-refractivity contribution in [1.82, 2.24) is 24.4 Å². The zero-order chi connectivity index (χ0) is 23.8. The highest BCUT2D eigenvalue weighted by molar-refractivity contribution is 9.10. The lowest BCUT2D eigenvalue weighted by atomic mass is 10.2. The Labute approximate surface area is 206 Å². The molecule has 178 valence electrons. The molecule has 0 saturated heterocycles. The van der Waals surface area contributed by atoms with E-state index in [4.69, 9.17) is 14.5 Å². The van der Waals surface area contributed by atoms with Gasteiger partial charge in [-0.15, -0.1) is 0 Å². The second-order valence-electron chi connectivity index (χ2n) is 9.54. The van der Waals surface area contributed by atoms with E-state index in [1.807, 2.05) is 19.1 Å². The molecule has 0 N–H and O–H groups in total. The third kappa shape index (κ3) is 8.66. The highest BCUT2D eigenvalue weighted by atomic mass is 79.9. The summed E-state index contributed by atoms with van der Waals surface area (Å²) in [5.74, 6) is 1.50. The van der Waals surface area contributed by atoms with Gasteiger partial charge in [0, 0.05) is 49.9 Å². The Bertz CT molecular complexity index is 992. The lowest BCUT2D eigenvalue weighted by molar-refractivity contribution is 0.0822. The van der Waals surface area contributed by atoms with E-state index >= 15 is 0 Å². The smallest absolute Gasteiger partial charge is 0.232 e. The van der Waals surface area contributed by atoms with Crippen LogP contribution in [0.5, 0.6) is 5.88 Å². The van der Waals surface area contributed by atoms with E-state index in [1.54, 1.807) is 18.6 Å². The van der Waals surface area contributed by atoms with E-state index in [0.29, 0.717) is 19.2 Å². The molecule has 1 aromatic carbocycles. The summed E-state index contributed by atoms with van der Waals surface area (Å²) in [6, 6.07) is 9.38. The molecular weight excluding hydrogens is 498 g/mol. The number of ether oxygens (including phenoxy) is 2. The van der Waals surface area contributed by atoms with Gasteiger partial charge in [-0.1, -0.05) is 47.7 Å². The van der Waals surface area contributed by atoms with Gasteiger partial charge in [0.1, 0.15) is 18.7 Å². The fraction of sp³-hybridized carbons (Fsp3) is 0.458. The number of hydrogen-bond acceptors (Lipinski definition) is 6. The average Bonchev–Trinajstić information content (AvgIpc) is 3.14. The molecule has 9 heteroatoms. The standard InChI is InChI=1S/C24H34BrN5O2Si/c1-19(32-24-14-26-10-11-27-24)15-29(2)17-23-28-22(20-6-8-21(25)9-7-20)16-30(23)18-31-12-13-33(3,4)5/h6-11,14,16,19H,12-13,15,17-18H2,1-5H3/t19-/m0/s1. The van der Waals surface area contributed by atoms with Gasteiger partial charge in [-0.25, -0.2) is 9.97 Å². The maximum absolute atomic E-state index is 6.04. The molecule has 0 unspecified atom stereocenters. The van der Waals surface area contributed by atoms with Crippen LogP contribution in [0.1, 0.15) is 12.7 Å². The molecule has 0 aliphatic heterocycles. The van der Waals surface area contributed by atoms with Gasteiger partial charge in [0.15, 0.2) is 0 Å². The predicted molar refractivity (Wildman–Crippen MR) is 138 cm³/mol. The van der Waals surface area contributed by atoms with Gasteiger partial charge in [-0.2, -0.15) is 0 Å². The van der Waals surface area contributed by atoms with E-state index in [0.717, 1.165) is 40.8 Å². The largest absolute Gasteiger partial charge is 0.472 e. The molecule has 0 aliphatic carbocycles. The van der Waals surface area contributed by atoms with Crippen LogP contribution in [0.2, 0.25) is 25.7 Å². The first-order chi connectivity index (χ1) is 15.7. The molecule has 7 nitrogen and oxygen atoms in total. The molecule has 0 aliphatic rings. The summed E-state index contributed by atoms with van der Waals surface area (Å²) in [5, 5.41) is 0. The van der Waals surface area contributed by atoms with Crippen molar-refractivity contribution in [2.45, 2.75) is 52.0 Å². The van der Waals surface area contributed by atoms with Crippen molar-refractivity contribution < 1.29 is 9.47 Å².